The SMILES string of the molecule is Cc1cccc(CNC(=O)C(C)N(c2cc(C)ccc2C)S(C)(=O)=O)c1. The predicted molar refractivity (Wildman–Crippen MR) is 106 cm³/mol. The Morgan fingerprint density at radius 1 is 1.08 bits per heavy atom. The summed E-state index contributed by atoms with van der Waals surface area (Å²) in [6, 6.07) is 12.6. The zero-order chi connectivity index (χ0) is 19.5. The molecule has 2 aromatic rings. The zero-order valence-electron chi connectivity index (χ0n) is 15.9. The van der Waals surface area contributed by atoms with Gasteiger partial charge >= 0.3 is 0 Å². The summed E-state index contributed by atoms with van der Waals surface area (Å²) >= 11 is 0. The van der Waals surface area contributed by atoms with Crippen LogP contribution in [-0.2, 0) is 21.4 Å². The normalized spacial score (nSPS) is 12.5. The number of rotatable bonds is 6. The number of nitrogens with zero attached hydrogens (tertiary/aromatic N) is 1. The monoisotopic (exact) mass is 374 g/mol. The van der Waals surface area contributed by atoms with Crippen molar-refractivity contribution in [3.63, 3.8) is 0 Å². The van der Waals surface area contributed by atoms with Gasteiger partial charge in [-0.3, -0.25) is 9.10 Å². The Morgan fingerprint density at radius 3 is 2.35 bits per heavy atom. The van der Waals surface area contributed by atoms with Crippen molar-refractivity contribution in [1.29, 1.82) is 0 Å². The van der Waals surface area contributed by atoms with E-state index in [1.165, 1.54) is 4.31 Å². The maximum Gasteiger partial charge on any atom is 0.243 e. The first-order valence-corrected chi connectivity index (χ1v) is 10.3. The first kappa shape index (κ1) is 20.0. The molecule has 140 valence electrons. The van der Waals surface area contributed by atoms with Gasteiger partial charge < -0.3 is 5.32 Å². The number of carbonyl (C=O) groups is 1. The lowest BCUT2D eigenvalue weighted by Crippen LogP contribution is -2.48. The van der Waals surface area contributed by atoms with Crippen molar-refractivity contribution < 1.29 is 13.2 Å². The van der Waals surface area contributed by atoms with Crippen LogP contribution in [0.5, 0.6) is 0 Å². The smallest absolute Gasteiger partial charge is 0.243 e. The number of sulfonamides is 1. The molecular formula is C20H26N2O3S. The Morgan fingerprint density at radius 2 is 1.73 bits per heavy atom. The van der Waals surface area contributed by atoms with Gasteiger partial charge in [-0.1, -0.05) is 42.0 Å². The van der Waals surface area contributed by atoms with Gasteiger partial charge in [0.2, 0.25) is 15.9 Å². The molecule has 1 unspecified atom stereocenters. The number of carbonyl (C=O) groups excluding carboxylic acids is 1. The van der Waals surface area contributed by atoms with E-state index in [4.69, 9.17) is 0 Å². The quantitative estimate of drug-likeness (QED) is 0.845. The van der Waals surface area contributed by atoms with Crippen LogP contribution in [0.3, 0.4) is 0 Å². The lowest BCUT2D eigenvalue weighted by Gasteiger charge is -2.29. The molecule has 0 spiro atoms. The summed E-state index contributed by atoms with van der Waals surface area (Å²) in [5.74, 6) is -0.335. The fourth-order valence-electron chi connectivity index (χ4n) is 2.90. The minimum Gasteiger partial charge on any atom is -0.350 e. The highest BCUT2D eigenvalue weighted by atomic mass is 32.2. The van der Waals surface area contributed by atoms with E-state index >= 15 is 0 Å². The van der Waals surface area contributed by atoms with Crippen LogP contribution in [0.2, 0.25) is 0 Å². The Labute approximate surface area is 156 Å². The molecule has 0 aliphatic carbocycles. The summed E-state index contributed by atoms with van der Waals surface area (Å²) in [5.41, 5.74) is 4.36. The van der Waals surface area contributed by atoms with Crippen molar-refractivity contribution in [3.8, 4) is 0 Å². The number of anilines is 1. The van der Waals surface area contributed by atoms with Gasteiger partial charge in [-0.2, -0.15) is 0 Å². The largest absolute Gasteiger partial charge is 0.350 e. The molecule has 1 atom stereocenters. The van der Waals surface area contributed by atoms with Crippen LogP contribution >= 0.6 is 0 Å². The molecule has 0 bridgehead atoms. The second-order valence-electron chi connectivity index (χ2n) is 6.73. The molecule has 2 rings (SSSR count). The summed E-state index contributed by atoms with van der Waals surface area (Å²) in [6.45, 7) is 7.68. The molecular weight excluding hydrogens is 348 g/mol. The van der Waals surface area contributed by atoms with Gasteiger partial charge in [0.1, 0.15) is 6.04 Å². The number of hydrogen-bond acceptors (Lipinski definition) is 3. The molecule has 0 fully saturated rings. The number of aryl methyl sites for hydroxylation is 3. The Kier molecular flexibility index (Phi) is 6.08. The van der Waals surface area contributed by atoms with Crippen LogP contribution in [0.15, 0.2) is 42.5 Å². The molecule has 6 heteroatoms. The average Bonchev–Trinajstić information content (AvgIpc) is 2.54. The summed E-state index contributed by atoms with van der Waals surface area (Å²) in [5, 5.41) is 2.84. The van der Waals surface area contributed by atoms with Crippen LogP contribution in [0, 0.1) is 20.8 Å². The number of benzene rings is 2. The molecule has 0 radical (unpaired) electrons. The average molecular weight is 375 g/mol. The third kappa shape index (κ3) is 4.85. The lowest BCUT2D eigenvalue weighted by atomic mass is 10.1. The Bertz CT molecular complexity index is 907. The van der Waals surface area contributed by atoms with Gasteiger partial charge in [0.15, 0.2) is 0 Å². The van der Waals surface area contributed by atoms with Crippen LogP contribution in [0.25, 0.3) is 0 Å². The highest BCUT2D eigenvalue weighted by molar-refractivity contribution is 7.92. The Hall–Kier alpha value is -2.34. The molecule has 0 saturated carbocycles. The van der Waals surface area contributed by atoms with Gasteiger partial charge in [0, 0.05) is 6.54 Å². The molecule has 0 aliphatic rings. The third-order valence-electron chi connectivity index (χ3n) is 4.24. The molecule has 0 saturated heterocycles. The first-order chi connectivity index (χ1) is 12.1. The summed E-state index contributed by atoms with van der Waals surface area (Å²) in [4.78, 5) is 12.6. The van der Waals surface area contributed by atoms with E-state index in [9.17, 15) is 13.2 Å². The van der Waals surface area contributed by atoms with E-state index in [0.717, 1.165) is 28.5 Å². The van der Waals surface area contributed by atoms with E-state index in [0.29, 0.717) is 12.2 Å². The van der Waals surface area contributed by atoms with E-state index in [1.807, 2.05) is 57.2 Å². The zero-order valence-corrected chi connectivity index (χ0v) is 16.7. The van der Waals surface area contributed by atoms with Crippen LogP contribution < -0.4 is 9.62 Å². The predicted octanol–water partition coefficient (Wildman–Crippen LogP) is 3.08. The molecule has 1 N–H and O–H groups in total. The van der Waals surface area contributed by atoms with Crippen molar-refractivity contribution in [2.45, 2.75) is 40.3 Å². The maximum absolute atomic E-state index is 12.6. The second-order valence-corrected chi connectivity index (χ2v) is 8.59. The van der Waals surface area contributed by atoms with Crippen LogP contribution in [0.4, 0.5) is 5.69 Å². The molecule has 0 heterocycles. The summed E-state index contributed by atoms with van der Waals surface area (Å²) < 4.78 is 26.0. The van der Waals surface area contributed by atoms with E-state index in [2.05, 4.69) is 5.32 Å². The van der Waals surface area contributed by atoms with Crippen molar-refractivity contribution in [1.82, 2.24) is 5.32 Å². The van der Waals surface area contributed by atoms with E-state index < -0.39 is 16.1 Å². The molecule has 0 aliphatic heterocycles. The van der Waals surface area contributed by atoms with Gasteiger partial charge in [-0.25, -0.2) is 8.42 Å². The molecule has 5 nitrogen and oxygen atoms in total. The number of amides is 1. The van der Waals surface area contributed by atoms with Crippen molar-refractivity contribution >= 4 is 21.6 Å². The van der Waals surface area contributed by atoms with Crippen molar-refractivity contribution in [2.75, 3.05) is 10.6 Å². The minimum absolute atomic E-state index is 0.335. The number of hydrogen-bond donors (Lipinski definition) is 1. The highest BCUT2D eigenvalue weighted by Gasteiger charge is 2.30. The summed E-state index contributed by atoms with van der Waals surface area (Å²) in [7, 11) is -3.62. The third-order valence-corrected chi connectivity index (χ3v) is 5.47. The highest BCUT2D eigenvalue weighted by Crippen LogP contribution is 2.26. The molecule has 0 aromatic heterocycles. The fourth-order valence-corrected chi connectivity index (χ4v) is 4.12. The maximum atomic E-state index is 12.6. The van der Waals surface area contributed by atoms with Gasteiger partial charge in [-0.15, -0.1) is 0 Å². The Balaban J connectivity index is 2.25. The van der Waals surface area contributed by atoms with Crippen LogP contribution in [-0.4, -0.2) is 26.6 Å². The molecule has 26 heavy (non-hydrogen) atoms. The van der Waals surface area contributed by atoms with Crippen molar-refractivity contribution in [3.05, 3.63) is 64.7 Å². The second kappa shape index (κ2) is 7.91. The van der Waals surface area contributed by atoms with Gasteiger partial charge in [0.25, 0.3) is 0 Å². The van der Waals surface area contributed by atoms with Gasteiger partial charge in [-0.05, 0) is 50.5 Å². The van der Waals surface area contributed by atoms with Crippen LogP contribution in [0.1, 0.15) is 29.2 Å². The molecule has 2 aromatic carbocycles. The van der Waals surface area contributed by atoms with Gasteiger partial charge in [0.05, 0.1) is 11.9 Å². The van der Waals surface area contributed by atoms with E-state index in [1.54, 1.807) is 13.0 Å². The lowest BCUT2D eigenvalue weighted by molar-refractivity contribution is -0.122. The topological polar surface area (TPSA) is 66.5 Å². The van der Waals surface area contributed by atoms with Crippen molar-refractivity contribution in [2.24, 2.45) is 0 Å². The minimum atomic E-state index is -3.62. The standard InChI is InChI=1S/C20H26N2O3S/c1-14-7-6-8-18(11-14)13-21-20(23)17(4)22(26(5,24)25)19-12-15(2)9-10-16(19)3/h6-12,17H,13H2,1-5H3,(H,21,23). The number of nitrogens with one attached hydrogen (secondary N) is 1. The fraction of sp³-hybridized carbons (Fsp3) is 0.350. The molecule has 1 amide bonds. The first-order valence-electron chi connectivity index (χ1n) is 8.49. The summed E-state index contributed by atoms with van der Waals surface area (Å²) in [6.07, 6.45) is 1.12. The van der Waals surface area contributed by atoms with E-state index in [-0.39, 0.29) is 5.91 Å².